The van der Waals surface area contributed by atoms with Crippen molar-refractivity contribution >= 4 is 21.7 Å². The van der Waals surface area contributed by atoms with E-state index in [9.17, 15) is 22.7 Å². The highest BCUT2D eigenvalue weighted by atomic mass is 32.2. The molecule has 1 atom stereocenters. The van der Waals surface area contributed by atoms with Gasteiger partial charge in [0, 0.05) is 11.6 Å². The van der Waals surface area contributed by atoms with Crippen molar-refractivity contribution in [2.75, 3.05) is 4.31 Å². The van der Waals surface area contributed by atoms with Crippen LogP contribution in [0.2, 0.25) is 0 Å². The Morgan fingerprint density at radius 2 is 1.96 bits per heavy atom. The van der Waals surface area contributed by atoms with Crippen molar-refractivity contribution in [3.8, 4) is 0 Å². The summed E-state index contributed by atoms with van der Waals surface area (Å²) in [6.45, 7) is 1.76. The molecule has 3 rings (SSSR count). The summed E-state index contributed by atoms with van der Waals surface area (Å²) in [6.07, 6.45) is 0.559. The summed E-state index contributed by atoms with van der Waals surface area (Å²) in [5.74, 6) is -2.78. The minimum absolute atomic E-state index is 0.276. The van der Waals surface area contributed by atoms with Crippen molar-refractivity contribution < 1.29 is 22.7 Å². The molecule has 1 heterocycles. The number of hydrogen-bond donors (Lipinski definition) is 0. The highest BCUT2D eigenvalue weighted by molar-refractivity contribution is 7.92. The average molecular weight is 334 g/mol. The van der Waals surface area contributed by atoms with Gasteiger partial charge in [-0.3, -0.25) is 4.31 Å². The molecule has 1 aliphatic rings. The van der Waals surface area contributed by atoms with Crippen molar-refractivity contribution in [1.29, 1.82) is 0 Å². The summed E-state index contributed by atoms with van der Waals surface area (Å²) in [5, 5.41) is 10.9. The second kappa shape index (κ2) is 5.34. The number of benzene rings is 2. The number of halogens is 1. The number of fused-ring (bicyclic) bond motifs is 1. The van der Waals surface area contributed by atoms with Gasteiger partial charge in [0.1, 0.15) is 5.82 Å². The van der Waals surface area contributed by atoms with Gasteiger partial charge in [-0.05, 0) is 43.2 Å². The second-order valence-corrected chi connectivity index (χ2v) is 7.23. The van der Waals surface area contributed by atoms with E-state index >= 15 is 0 Å². The lowest BCUT2D eigenvalue weighted by Crippen LogP contribution is -2.36. The zero-order chi connectivity index (χ0) is 16.8. The van der Waals surface area contributed by atoms with E-state index in [1.807, 2.05) is 12.1 Å². The Labute approximate surface area is 133 Å². The van der Waals surface area contributed by atoms with Crippen LogP contribution in [0, 0.1) is 5.82 Å². The molecule has 23 heavy (non-hydrogen) atoms. The van der Waals surface area contributed by atoms with E-state index in [1.54, 1.807) is 19.1 Å². The quantitative estimate of drug-likeness (QED) is 0.848. The van der Waals surface area contributed by atoms with Gasteiger partial charge in [0.05, 0.1) is 16.6 Å². The Bertz CT molecular complexity index is 895. The molecule has 120 valence electrons. The fourth-order valence-electron chi connectivity index (χ4n) is 2.84. The SMILES string of the molecule is C[C@@H]1Cc2ccccc2N1S(=O)(=O)c1ccc(F)c(C(=O)[O-])c1. The smallest absolute Gasteiger partial charge is 0.264 e. The molecular formula is C16H13FNO4S-. The number of carbonyl (C=O) groups excluding carboxylic acids is 1. The number of anilines is 1. The van der Waals surface area contributed by atoms with Crippen LogP contribution < -0.4 is 9.41 Å². The van der Waals surface area contributed by atoms with Crippen molar-refractivity contribution in [1.82, 2.24) is 0 Å². The van der Waals surface area contributed by atoms with E-state index in [0.717, 1.165) is 23.8 Å². The first-order valence-corrected chi connectivity index (χ1v) is 8.39. The molecule has 0 aromatic heterocycles. The molecule has 0 N–H and O–H groups in total. The number of nitrogens with zero attached hydrogens (tertiary/aromatic N) is 1. The number of carbonyl (C=O) groups is 1. The van der Waals surface area contributed by atoms with E-state index in [2.05, 4.69) is 0 Å². The molecule has 1 aliphatic heterocycles. The Kier molecular flexibility index (Phi) is 3.60. The summed E-state index contributed by atoms with van der Waals surface area (Å²) in [6, 6.07) is 9.47. The summed E-state index contributed by atoms with van der Waals surface area (Å²) < 4.78 is 40.5. The van der Waals surface area contributed by atoms with Crippen LogP contribution in [-0.2, 0) is 16.4 Å². The zero-order valence-electron chi connectivity index (χ0n) is 12.2. The molecule has 7 heteroatoms. The van der Waals surface area contributed by atoms with Crippen molar-refractivity contribution in [3.05, 3.63) is 59.4 Å². The molecule has 0 spiro atoms. The molecular weight excluding hydrogens is 321 g/mol. The molecule has 0 radical (unpaired) electrons. The fraction of sp³-hybridized carbons (Fsp3) is 0.188. The molecule has 0 aliphatic carbocycles. The Morgan fingerprint density at radius 1 is 1.26 bits per heavy atom. The van der Waals surface area contributed by atoms with Crippen molar-refractivity contribution in [2.24, 2.45) is 0 Å². The molecule has 0 amide bonds. The van der Waals surface area contributed by atoms with Gasteiger partial charge < -0.3 is 9.90 Å². The number of carboxylic acid groups (broad SMARTS) is 1. The van der Waals surface area contributed by atoms with Gasteiger partial charge >= 0.3 is 0 Å². The monoisotopic (exact) mass is 334 g/mol. The molecule has 0 saturated carbocycles. The lowest BCUT2D eigenvalue weighted by atomic mass is 10.1. The lowest BCUT2D eigenvalue weighted by molar-refractivity contribution is -0.255. The third kappa shape index (κ3) is 2.46. The summed E-state index contributed by atoms with van der Waals surface area (Å²) in [4.78, 5) is 10.6. The molecule has 2 aromatic rings. The number of hydrogen-bond acceptors (Lipinski definition) is 4. The maximum Gasteiger partial charge on any atom is 0.264 e. The van der Waals surface area contributed by atoms with Gasteiger partial charge in [0.25, 0.3) is 10.0 Å². The lowest BCUT2D eigenvalue weighted by Gasteiger charge is -2.24. The van der Waals surface area contributed by atoms with Gasteiger partial charge in [0.15, 0.2) is 0 Å². The Hall–Kier alpha value is -2.41. The van der Waals surface area contributed by atoms with E-state index < -0.39 is 27.4 Å². The summed E-state index contributed by atoms with van der Waals surface area (Å²) in [5.41, 5.74) is 0.677. The predicted octanol–water partition coefficient (Wildman–Crippen LogP) is 1.33. The first-order chi connectivity index (χ1) is 10.8. The standard InChI is InChI=1S/C16H14FNO4S/c1-10-8-11-4-2-3-5-15(11)18(10)23(21,22)12-6-7-14(17)13(9-12)16(19)20/h2-7,9-10H,8H2,1H3,(H,19,20)/p-1/t10-/m1/s1. The van der Waals surface area contributed by atoms with Crippen LogP contribution >= 0.6 is 0 Å². The highest BCUT2D eigenvalue weighted by Crippen LogP contribution is 2.36. The van der Waals surface area contributed by atoms with Crippen molar-refractivity contribution in [3.63, 3.8) is 0 Å². The normalized spacial score (nSPS) is 17.1. The molecule has 0 bridgehead atoms. The molecule has 5 nitrogen and oxygen atoms in total. The first kappa shape index (κ1) is 15.5. The van der Waals surface area contributed by atoms with E-state index in [0.29, 0.717) is 12.1 Å². The van der Waals surface area contributed by atoms with Gasteiger partial charge in [-0.25, -0.2) is 12.8 Å². The zero-order valence-corrected chi connectivity index (χ0v) is 13.0. The summed E-state index contributed by atoms with van der Waals surface area (Å²) in [7, 11) is -4.00. The number of aromatic carboxylic acids is 1. The van der Waals surface area contributed by atoms with Gasteiger partial charge in [-0.15, -0.1) is 0 Å². The largest absolute Gasteiger partial charge is 0.545 e. The van der Waals surface area contributed by atoms with Crippen LogP contribution in [-0.4, -0.2) is 20.4 Å². The topological polar surface area (TPSA) is 77.5 Å². The average Bonchev–Trinajstić information content (AvgIpc) is 2.83. The summed E-state index contributed by atoms with van der Waals surface area (Å²) >= 11 is 0. The van der Waals surface area contributed by atoms with E-state index in [4.69, 9.17) is 0 Å². The Balaban J connectivity index is 2.13. The van der Waals surface area contributed by atoms with E-state index in [1.165, 1.54) is 4.31 Å². The third-order valence-electron chi connectivity index (χ3n) is 3.86. The van der Waals surface area contributed by atoms with Gasteiger partial charge in [0.2, 0.25) is 0 Å². The minimum atomic E-state index is -4.00. The van der Waals surface area contributed by atoms with Crippen LogP contribution in [0.15, 0.2) is 47.4 Å². The van der Waals surface area contributed by atoms with Crippen LogP contribution in [0.5, 0.6) is 0 Å². The van der Waals surface area contributed by atoms with Gasteiger partial charge in [-0.1, -0.05) is 18.2 Å². The maximum absolute atomic E-state index is 13.5. The van der Waals surface area contributed by atoms with Crippen LogP contribution in [0.1, 0.15) is 22.8 Å². The Morgan fingerprint density at radius 3 is 2.65 bits per heavy atom. The minimum Gasteiger partial charge on any atom is -0.545 e. The number of rotatable bonds is 3. The fourth-order valence-corrected chi connectivity index (χ4v) is 4.56. The predicted molar refractivity (Wildman–Crippen MR) is 80.0 cm³/mol. The van der Waals surface area contributed by atoms with Crippen molar-refractivity contribution in [2.45, 2.75) is 24.3 Å². The second-order valence-electron chi connectivity index (χ2n) is 5.41. The number of sulfonamides is 1. The molecule has 0 saturated heterocycles. The molecule has 0 fully saturated rings. The molecule has 0 unspecified atom stereocenters. The number of para-hydroxylation sites is 1. The van der Waals surface area contributed by atoms with E-state index in [-0.39, 0.29) is 10.9 Å². The highest BCUT2D eigenvalue weighted by Gasteiger charge is 2.36. The third-order valence-corrected chi connectivity index (χ3v) is 5.78. The van der Waals surface area contributed by atoms with Crippen LogP contribution in [0.25, 0.3) is 0 Å². The maximum atomic E-state index is 13.5. The first-order valence-electron chi connectivity index (χ1n) is 6.95. The van der Waals surface area contributed by atoms with Crippen LogP contribution in [0.3, 0.4) is 0 Å². The molecule has 2 aromatic carbocycles. The van der Waals surface area contributed by atoms with Gasteiger partial charge in [-0.2, -0.15) is 0 Å². The van der Waals surface area contributed by atoms with Crippen LogP contribution in [0.4, 0.5) is 10.1 Å². The number of carboxylic acids is 1.